The average molecular weight is 421 g/mol. The highest BCUT2D eigenvalue weighted by molar-refractivity contribution is 5.63. The third-order valence-corrected chi connectivity index (χ3v) is 7.67. The second-order valence-electron chi connectivity index (χ2n) is 12.5. The first kappa shape index (κ1) is 22.2. The van der Waals surface area contributed by atoms with Crippen LogP contribution in [0.15, 0.2) is 24.3 Å². The molecule has 2 aromatic carbocycles. The normalized spacial score (nSPS) is 19.9. The Morgan fingerprint density at radius 1 is 0.645 bits per heavy atom. The van der Waals surface area contributed by atoms with E-state index in [0.29, 0.717) is 23.3 Å². The summed E-state index contributed by atoms with van der Waals surface area (Å²) in [6.45, 7) is 18.2. The Kier molecular flexibility index (Phi) is 5.04. The van der Waals surface area contributed by atoms with Gasteiger partial charge in [-0.3, -0.25) is 0 Å². The maximum Gasteiger partial charge on any atom is 0.119 e. The van der Waals surface area contributed by atoms with Crippen molar-refractivity contribution < 1.29 is 10.2 Å². The van der Waals surface area contributed by atoms with Gasteiger partial charge >= 0.3 is 0 Å². The van der Waals surface area contributed by atoms with Crippen LogP contribution in [-0.4, -0.2) is 10.2 Å². The zero-order chi connectivity index (χ0) is 22.9. The Bertz CT molecular complexity index is 940. The van der Waals surface area contributed by atoms with E-state index < -0.39 is 0 Å². The van der Waals surface area contributed by atoms with Crippen molar-refractivity contribution in [2.24, 2.45) is 11.8 Å². The summed E-state index contributed by atoms with van der Waals surface area (Å²) in [7, 11) is 0. The van der Waals surface area contributed by atoms with Gasteiger partial charge in [0.1, 0.15) is 11.5 Å². The summed E-state index contributed by atoms with van der Waals surface area (Å²) in [6.07, 6.45) is 3.81. The van der Waals surface area contributed by atoms with Crippen LogP contribution in [0.25, 0.3) is 0 Å². The predicted octanol–water partition coefficient (Wildman–Crippen LogP) is 7.14. The molecule has 0 amide bonds. The van der Waals surface area contributed by atoms with Crippen molar-refractivity contribution in [1.82, 2.24) is 0 Å². The Morgan fingerprint density at radius 2 is 1.00 bits per heavy atom. The summed E-state index contributed by atoms with van der Waals surface area (Å²) >= 11 is 0. The standard InChI is InChI=1S/C29H40O2/c1-17(2)9-19-11-21-23(13-25(19)30)29(15-27(21,5)6)16-28(7,8)22-12-20(10-18(3)4)26(31)14-24(22)29/h11-14,17-18,30-31H,9-10,15-16H2,1-8H3. The molecule has 31 heavy (non-hydrogen) atoms. The SMILES string of the molecule is CC(C)Cc1cc2c(cc1O)C1(CC2(C)C)CC(C)(C)c2cc(CC(C)C)c(O)cc21. The van der Waals surface area contributed by atoms with Crippen LogP contribution in [0.5, 0.6) is 11.5 Å². The molecule has 0 atom stereocenters. The van der Waals surface area contributed by atoms with Crippen molar-refractivity contribution in [3.8, 4) is 11.5 Å². The minimum absolute atomic E-state index is 0.0265. The number of hydrogen-bond acceptors (Lipinski definition) is 2. The van der Waals surface area contributed by atoms with Crippen LogP contribution in [0, 0.1) is 11.8 Å². The van der Waals surface area contributed by atoms with Gasteiger partial charge in [-0.05, 0) is 93.9 Å². The highest BCUT2D eigenvalue weighted by atomic mass is 16.3. The van der Waals surface area contributed by atoms with Crippen molar-refractivity contribution in [2.75, 3.05) is 0 Å². The minimum atomic E-state index is -0.153. The molecule has 0 unspecified atom stereocenters. The first-order valence-electron chi connectivity index (χ1n) is 12.0. The quantitative estimate of drug-likeness (QED) is 0.551. The zero-order valence-electron chi connectivity index (χ0n) is 20.7. The van der Waals surface area contributed by atoms with Gasteiger partial charge in [-0.15, -0.1) is 0 Å². The third-order valence-electron chi connectivity index (χ3n) is 7.67. The van der Waals surface area contributed by atoms with Crippen molar-refractivity contribution in [3.05, 3.63) is 57.6 Å². The number of aromatic hydroxyl groups is 2. The lowest BCUT2D eigenvalue weighted by molar-refractivity contribution is 0.348. The molecule has 0 aliphatic heterocycles. The van der Waals surface area contributed by atoms with E-state index in [2.05, 4.69) is 79.7 Å². The van der Waals surface area contributed by atoms with E-state index in [9.17, 15) is 10.2 Å². The molecule has 2 heteroatoms. The Labute approximate surface area is 188 Å². The molecule has 2 nitrogen and oxygen atoms in total. The number of benzene rings is 2. The van der Waals surface area contributed by atoms with Crippen LogP contribution in [0.4, 0.5) is 0 Å². The van der Waals surface area contributed by atoms with Gasteiger partial charge in [-0.2, -0.15) is 0 Å². The second kappa shape index (κ2) is 7.02. The highest BCUT2D eigenvalue weighted by Gasteiger charge is 2.56. The van der Waals surface area contributed by atoms with Gasteiger partial charge in [0.2, 0.25) is 0 Å². The van der Waals surface area contributed by atoms with E-state index in [1.807, 2.05) is 0 Å². The smallest absolute Gasteiger partial charge is 0.119 e. The van der Waals surface area contributed by atoms with E-state index >= 15 is 0 Å². The van der Waals surface area contributed by atoms with Gasteiger partial charge in [0.15, 0.2) is 0 Å². The first-order valence-corrected chi connectivity index (χ1v) is 12.0. The van der Waals surface area contributed by atoms with E-state index in [0.717, 1.165) is 36.8 Å². The maximum atomic E-state index is 11.0. The van der Waals surface area contributed by atoms with E-state index in [1.165, 1.54) is 22.3 Å². The number of phenols is 2. The van der Waals surface area contributed by atoms with Gasteiger partial charge < -0.3 is 10.2 Å². The van der Waals surface area contributed by atoms with E-state index in [1.54, 1.807) is 0 Å². The van der Waals surface area contributed by atoms with Gasteiger partial charge in [-0.1, -0.05) is 67.5 Å². The van der Waals surface area contributed by atoms with Gasteiger partial charge in [0.25, 0.3) is 0 Å². The number of hydrogen-bond donors (Lipinski definition) is 2. The molecule has 0 aromatic heterocycles. The fourth-order valence-electron chi connectivity index (χ4n) is 6.67. The lowest BCUT2D eigenvalue weighted by atomic mass is 9.72. The molecular formula is C29H40O2. The molecule has 0 bridgehead atoms. The van der Waals surface area contributed by atoms with Crippen molar-refractivity contribution in [1.29, 1.82) is 0 Å². The molecule has 4 rings (SSSR count). The zero-order valence-corrected chi connectivity index (χ0v) is 20.7. The maximum absolute atomic E-state index is 11.0. The molecule has 0 saturated carbocycles. The molecule has 2 aliphatic carbocycles. The molecular weight excluding hydrogens is 380 g/mol. The van der Waals surface area contributed by atoms with Crippen LogP contribution in [0.3, 0.4) is 0 Å². The second-order valence-corrected chi connectivity index (χ2v) is 12.5. The summed E-state index contributed by atoms with van der Waals surface area (Å²) in [5.41, 5.74) is 7.30. The Balaban J connectivity index is 1.94. The van der Waals surface area contributed by atoms with Crippen molar-refractivity contribution in [3.63, 3.8) is 0 Å². The van der Waals surface area contributed by atoms with E-state index in [-0.39, 0.29) is 16.2 Å². The summed E-state index contributed by atoms with van der Waals surface area (Å²) in [5.74, 6) is 1.86. The van der Waals surface area contributed by atoms with Crippen LogP contribution >= 0.6 is 0 Å². The van der Waals surface area contributed by atoms with Gasteiger partial charge in [-0.25, -0.2) is 0 Å². The molecule has 2 N–H and O–H groups in total. The Hall–Kier alpha value is -1.96. The monoisotopic (exact) mass is 420 g/mol. The van der Waals surface area contributed by atoms with Gasteiger partial charge in [0.05, 0.1) is 0 Å². The average Bonchev–Trinajstić information content (AvgIpc) is 2.95. The van der Waals surface area contributed by atoms with Crippen molar-refractivity contribution in [2.45, 2.75) is 97.3 Å². The first-order chi connectivity index (χ1) is 14.3. The molecule has 2 aromatic rings. The number of fused-ring (bicyclic) bond motifs is 4. The molecule has 168 valence electrons. The lowest BCUT2D eigenvalue weighted by Gasteiger charge is -2.30. The lowest BCUT2D eigenvalue weighted by Crippen LogP contribution is -2.26. The highest BCUT2D eigenvalue weighted by Crippen LogP contribution is 2.64. The number of phenolic OH excluding ortho intramolecular Hbond substituents is 2. The third kappa shape index (κ3) is 3.47. The molecule has 1 spiro atoms. The van der Waals surface area contributed by atoms with Crippen LogP contribution in [0.1, 0.15) is 102 Å². The fourth-order valence-corrected chi connectivity index (χ4v) is 6.67. The Morgan fingerprint density at radius 3 is 1.32 bits per heavy atom. The summed E-state index contributed by atoms with van der Waals surface area (Å²) in [6, 6.07) is 8.67. The number of rotatable bonds is 4. The predicted molar refractivity (Wildman–Crippen MR) is 129 cm³/mol. The molecule has 0 fully saturated rings. The minimum Gasteiger partial charge on any atom is -0.508 e. The van der Waals surface area contributed by atoms with Crippen LogP contribution in [0.2, 0.25) is 0 Å². The molecule has 2 aliphatic rings. The summed E-state index contributed by atoms with van der Waals surface area (Å²) in [5, 5.41) is 21.9. The molecule has 0 saturated heterocycles. The van der Waals surface area contributed by atoms with Crippen LogP contribution < -0.4 is 0 Å². The fraction of sp³-hybridized carbons (Fsp3) is 0.586. The molecule has 0 heterocycles. The topological polar surface area (TPSA) is 40.5 Å². The summed E-state index contributed by atoms with van der Waals surface area (Å²) < 4.78 is 0. The van der Waals surface area contributed by atoms with Gasteiger partial charge in [0, 0.05) is 5.41 Å². The molecule has 0 radical (unpaired) electrons. The van der Waals surface area contributed by atoms with E-state index in [4.69, 9.17) is 0 Å². The summed E-state index contributed by atoms with van der Waals surface area (Å²) in [4.78, 5) is 0. The van der Waals surface area contributed by atoms with Crippen molar-refractivity contribution >= 4 is 0 Å². The largest absolute Gasteiger partial charge is 0.508 e. The van der Waals surface area contributed by atoms with Crippen LogP contribution in [-0.2, 0) is 29.1 Å².